The highest BCUT2D eigenvalue weighted by atomic mass is 16.5. The first-order valence-electron chi connectivity index (χ1n) is 5.84. The van der Waals surface area contributed by atoms with Crippen molar-refractivity contribution in [1.82, 2.24) is 0 Å². The van der Waals surface area contributed by atoms with Crippen molar-refractivity contribution < 1.29 is 14.6 Å². The number of carbonyl (C=O) groups is 1. The molecule has 92 valence electrons. The minimum Gasteiger partial charge on any atom is -0.501 e. The van der Waals surface area contributed by atoms with E-state index in [9.17, 15) is 9.90 Å². The van der Waals surface area contributed by atoms with E-state index >= 15 is 0 Å². The molecule has 0 bridgehead atoms. The van der Waals surface area contributed by atoms with Crippen molar-refractivity contribution in [2.45, 2.75) is 39.0 Å². The van der Waals surface area contributed by atoms with Crippen LogP contribution in [0.4, 0.5) is 0 Å². The molecule has 0 atom stereocenters. The number of aliphatic hydroxyl groups is 1. The fourth-order valence-corrected chi connectivity index (χ4v) is 1.81. The average Bonchev–Trinajstić information content (AvgIpc) is 2.31. The van der Waals surface area contributed by atoms with Gasteiger partial charge in [0.15, 0.2) is 4.98 Å². The molecule has 1 aliphatic rings. The van der Waals surface area contributed by atoms with Crippen LogP contribution in [0.25, 0.3) is 4.98 Å². The van der Waals surface area contributed by atoms with Crippen LogP contribution in [0.2, 0.25) is 0 Å². The molecule has 17 heavy (non-hydrogen) atoms. The van der Waals surface area contributed by atoms with E-state index in [0.29, 0.717) is 0 Å². The normalized spacial score (nSPS) is 16.8. The van der Waals surface area contributed by atoms with Crippen molar-refractivity contribution in [2.75, 3.05) is 6.61 Å². The molecule has 1 fully saturated rings. The summed E-state index contributed by atoms with van der Waals surface area (Å²) >= 11 is 0. The van der Waals surface area contributed by atoms with Gasteiger partial charge in [0.2, 0.25) is 11.2 Å². The van der Waals surface area contributed by atoms with Crippen LogP contribution in [0, 0.1) is 5.39 Å². The fraction of sp³-hybridized carbons (Fsp3) is 0.583. The standard InChI is InChI=1S/C12H16N2O3/c1-2-17-12(16)11(14-13)10(15)8-9-6-4-3-5-7-9/h8H,2-7H2,1H3/p+1. The maximum Gasteiger partial charge on any atom is 0.509 e. The van der Waals surface area contributed by atoms with Gasteiger partial charge < -0.3 is 9.84 Å². The summed E-state index contributed by atoms with van der Waals surface area (Å²) in [5.41, 5.74) is 0.629. The van der Waals surface area contributed by atoms with Crippen LogP contribution < -0.4 is 0 Å². The van der Waals surface area contributed by atoms with Gasteiger partial charge in [-0.05, 0) is 38.7 Å². The van der Waals surface area contributed by atoms with Crippen molar-refractivity contribution in [2.24, 2.45) is 0 Å². The molecular formula is C12H17N2O3+. The van der Waals surface area contributed by atoms with Crippen LogP contribution in [0.15, 0.2) is 23.1 Å². The van der Waals surface area contributed by atoms with Crippen LogP contribution in [0.5, 0.6) is 0 Å². The molecule has 0 spiro atoms. The number of hydrogen-bond acceptors (Lipinski definition) is 4. The zero-order valence-electron chi connectivity index (χ0n) is 9.98. The number of hydrogen-bond donors (Lipinski definition) is 1. The van der Waals surface area contributed by atoms with Crippen LogP contribution in [-0.2, 0) is 9.53 Å². The summed E-state index contributed by atoms with van der Waals surface area (Å²) in [6.45, 7) is 1.81. The average molecular weight is 237 g/mol. The smallest absolute Gasteiger partial charge is 0.501 e. The largest absolute Gasteiger partial charge is 0.509 e. The minimum absolute atomic E-state index is 0.168. The van der Waals surface area contributed by atoms with Crippen molar-refractivity contribution in [3.63, 3.8) is 0 Å². The van der Waals surface area contributed by atoms with E-state index < -0.39 is 11.7 Å². The molecule has 0 unspecified atom stereocenters. The monoisotopic (exact) mass is 237 g/mol. The molecule has 1 aliphatic carbocycles. The molecular weight excluding hydrogens is 220 g/mol. The Labute approximate surface area is 100 Å². The summed E-state index contributed by atoms with van der Waals surface area (Å²) in [5.74, 6) is -1.15. The van der Waals surface area contributed by atoms with Crippen LogP contribution in [0.3, 0.4) is 0 Å². The first-order chi connectivity index (χ1) is 8.19. The molecule has 5 nitrogen and oxygen atoms in total. The molecule has 0 aromatic rings. The number of carbonyl (C=O) groups excluding carboxylic acids is 1. The summed E-state index contributed by atoms with van der Waals surface area (Å²) < 4.78 is 4.67. The maximum absolute atomic E-state index is 11.3. The molecule has 1 saturated carbocycles. The molecule has 0 amide bonds. The van der Waals surface area contributed by atoms with E-state index in [1.807, 2.05) is 0 Å². The predicted octanol–water partition coefficient (Wildman–Crippen LogP) is 3.06. The number of allylic oxidation sites excluding steroid dienone is 2. The Morgan fingerprint density at radius 2 is 2.12 bits per heavy atom. The summed E-state index contributed by atoms with van der Waals surface area (Å²) in [6.07, 6.45) is 6.69. The summed E-state index contributed by atoms with van der Waals surface area (Å²) in [4.78, 5) is 14.1. The fourth-order valence-electron chi connectivity index (χ4n) is 1.81. The molecule has 0 saturated heterocycles. The Bertz CT molecular complexity index is 383. The third kappa shape index (κ3) is 3.91. The quantitative estimate of drug-likeness (QED) is 0.354. The number of aliphatic hydroxyl groups excluding tert-OH is 1. The lowest BCUT2D eigenvalue weighted by atomic mass is 9.94. The first-order valence-corrected chi connectivity index (χ1v) is 5.84. The van der Waals surface area contributed by atoms with Gasteiger partial charge in [-0.2, -0.15) is 0 Å². The zero-order chi connectivity index (χ0) is 12.7. The van der Waals surface area contributed by atoms with E-state index in [0.717, 1.165) is 31.3 Å². The molecule has 1 rings (SSSR count). The van der Waals surface area contributed by atoms with Crippen molar-refractivity contribution in [1.29, 1.82) is 5.39 Å². The lowest BCUT2D eigenvalue weighted by Gasteiger charge is -2.12. The van der Waals surface area contributed by atoms with E-state index in [-0.39, 0.29) is 12.4 Å². The first kappa shape index (κ1) is 13.2. The van der Waals surface area contributed by atoms with Crippen LogP contribution in [-0.4, -0.2) is 17.7 Å². The van der Waals surface area contributed by atoms with Gasteiger partial charge in [0, 0.05) is 0 Å². The van der Waals surface area contributed by atoms with Gasteiger partial charge in [-0.3, -0.25) is 0 Å². The molecule has 0 aliphatic heterocycles. The number of diazo groups is 1. The van der Waals surface area contributed by atoms with Gasteiger partial charge in [0.05, 0.1) is 6.61 Å². The number of esters is 1. The highest BCUT2D eigenvalue weighted by Crippen LogP contribution is 2.24. The topological polar surface area (TPSA) is 74.7 Å². The SMILES string of the molecule is CCOC(=O)/C([N+]#N)=C(\O)C=C1CCCCC1. The van der Waals surface area contributed by atoms with Crippen LogP contribution >= 0.6 is 0 Å². The van der Waals surface area contributed by atoms with E-state index in [1.54, 1.807) is 6.92 Å². The Hall–Kier alpha value is -1.83. The van der Waals surface area contributed by atoms with E-state index in [4.69, 9.17) is 5.39 Å². The molecule has 5 heteroatoms. The molecule has 0 heterocycles. The van der Waals surface area contributed by atoms with Gasteiger partial charge in [-0.15, -0.1) is 0 Å². The molecule has 0 aromatic carbocycles. The number of nitrogens with zero attached hydrogens (tertiary/aromatic N) is 2. The summed E-state index contributed by atoms with van der Waals surface area (Å²) in [6, 6.07) is 0. The van der Waals surface area contributed by atoms with Gasteiger partial charge in [0.1, 0.15) is 0 Å². The second-order valence-electron chi connectivity index (χ2n) is 3.92. The van der Waals surface area contributed by atoms with Gasteiger partial charge in [-0.1, -0.05) is 12.0 Å². The van der Waals surface area contributed by atoms with Gasteiger partial charge >= 0.3 is 11.7 Å². The Morgan fingerprint density at radius 3 is 2.65 bits per heavy atom. The lowest BCUT2D eigenvalue weighted by molar-refractivity contribution is -0.138. The van der Waals surface area contributed by atoms with E-state index in [1.165, 1.54) is 12.5 Å². The number of ether oxygens (including phenoxy) is 1. The van der Waals surface area contributed by atoms with Crippen LogP contribution in [0.1, 0.15) is 39.0 Å². The molecule has 1 N–H and O–H groups in total. The van der Waals surface area contributed by atoms with Crippen molar-refractivity contribution >= 4 is 5.97 Å². The van der Waals surface area contributed by atoms with Crippen molar-refractivity contribution in [3.8, 4) is 0 Å². The van der Waals surface area contributed by atoms with Gasteiger partial charge in [-0.25, -0.2) is 4.79 Å². The Kier molecular flexibility index (Phi) is 5.21. The highest BCUT2D eigenvalue weighted by molar-refractivity contribution is 5.91. The van der Waals surface area contributed by atoms with E-state index in [2.05, 4.69) is 9.71 Å². The second-order valence-corrected chi connectivity index (χ2v) is 3.92. The summed E-state index contributed by atoms with van der Waals surface area (Å²) in [7, 11) is 0. The molecule has 0 radical (unpaired) electrons. The van der Waals surface area contributed by atoms with Crippen molar-refractivity contribution in [3.05, 3.63) is 28.1 Å². The maximum atomic E-state index is 11.3. The lowest BCUT2D eigenvalue weighted by Crippen LogP contribution is -2.07. The zero-order valence-corrected chi connectivity index (χ0v) is 9.98. The Morgan fingerprint density at radius 1 is 1.47 bits per heavy atom. The minimum atomic E-state index is -0.819. The third-order valence-electron chi connectivity index (χ3n) is 2.65. The Balaban J connectivity index is 2.85. The predicted molar refractivity (Wildman–Crippen MR) is 62.5 cm³/mol. The highest BCUT2D eigenvalue weighted by Gasteiger charge is 2.29. The van der Waals surface area contributed by atoms with Gasteiger partial charge in [0.25, 0.3) is 0 Å². The molecule has 0 aromatic heterocycles. The summed E-state index contributed by atoms with van der Waals surface area (Å²) in [5, 5.41) is 18.4. The third-order valence-corrected chi connectivity index (χ3v) is 2.65. The second kappa shape index (κ2) is 6.69. The number of rotatable bonds is 3.